The second-order valence-corrected chi connectivity index (χ2v) is 5.41. The van der Waals surface area contributed by atoms with E-state index in [4.69, 9.17) is 14.6 Å². The molecule has 24 heavy (non-hydrogen) atoms. The van der Waals surface area contributed by atoms with Crippen molar-refractivity contribution in [1.29, 1.82) is 5.41 Å². The minimum absolute atomic E-state index is 0.272. The Kier molecular flexibility index (Phi) is 3.42. The summed E-state index contributed by atoms with van der Waals surface area (Å²) in [7, 11) is 1.64. The van der Waals surface area contributed by atoms with Gasteiger partial charge in [-0.3, -0.25) is 15.3 Å². The quantitative estimate of drug-likeness (QED) is 0.770. The number of nitrogens with one attached hydrogen (secondary N) is 2. The second-order valence-electron chi connectivity index (χ2n) is 5.41. The first-order chi connectivity index (χ1) is 11.8. The lowest BCUT2D eigenvalue weighted by atomic mass is 10.1. The Balaban J connectivity index is 1.81. The van der Waals surface area contributed by atoms with E-state index in [9.17, 15) is 0 Å². The van der Waals surface area contributed by atoms with Crippen LogP contribution in [0.4, 0.5) is 11.6 Å². The van der Waals surface area contributed by atoms with Crippen LogP contribution in [0.2, 0.25) is 0 Å². The van der Waals surface area contributed by atoms with Gasteiger partial charge in [0.1, 0.15) is 17.8 Å². The monoisotopic (exact) mass is 320 g/mol. The molecule has 0 spiro atoms. The molecule has 2 aromatic heterocycles. The molecule has 6 heteroatoms. The number of hydrogen-bond donors (Lipinski definition) is 2. The Morgan fingerprint density at radius 3 is 2.75 bits per heavy atom. The van der Waals surface area contributed by atoms with Gasteiger partial charge in [0.2, 0.25) is 5.88 Å². The van der Waals surface area contributed by atoms with E-state index in [1.807, 2.05) is 41.3 Å². The maximum atomic E-state index is 8.61. The van der Waals surface area contributed by atoms with Crippen LogP contribution in [0.5, 0.6) is 5.75 Å². The lowest BCUT2D eigenvalue weighted by Gasteiger charge is -2.37. The molecule has 3 heterocycles. The van der Waals surface area contributed by atoms with Crippen LogP contribution in [0.3, 0.4) is 0 Å². The molecule has 1 aliphatic heterocycles. The molecule has 4 rings (SSSR count). The van der Waals surface area contributed by atoms with Crippen molar-refractivity contribution < 1.29 is 9.15 Å². The van der Waals surface area contributed by atoms with Crippen molar-refractivity contribution in [2.75, 3.05) is 17.3 Å². The van der Waals surface area contributed by atoms with Crippen molar-refractivity contribution in [3.05, 3.63) is 72.2 Å². The SMILES string of the molecule is COc1ccc(C2Nc3occc3C(=N)N2c2cccnc2)cc1. The molecule has 0 amide bonds. The summed E-state index contributed by atoms with van der Waals surface area (Å²) in [5.74, 6) is 1.75. The molecule has 1 atom stereocenters. The van der Waals surface area contributed by atoms with Gasteiger partial charge in [-0.15, -0.1) is 0 Å². The molecule has 0 bridgehead atoms. The Morgan fingerprint density at radius 2 is 2.04 bits per heavy atom. The first-order valence-corrected chi connectivity index (χ1v) is 7.54. The van der Waals surface area contributed by atoms with Crippen molar-refractivity contribution in [3.63, 3.8) is 0 Å². The number of anilines is 2. The van der Waals surface area contributed by atoms with Crippen LogP contribution >= 0.6 is 0 Å². The number of ether oxygens (including phenoxy) is 1. The van der Waals surface area contributed by atoms with Gasteiger partial charge in [0.15, 0.2) is 0 Å². The van der Waals surface area contributed by atoms with Gasteiger partial charge in [0.05, 0.1) is 30.8 Å². The van der Waals surface area contributed by atoms with Crippen LogP contribution in [-0.4, -0.2) is 17.9 Å². The first-order valence-electron chi connectivity index (χ1n) is 7.54. The van der Waals surface area contributed by atoms with Gasteiger partial charge in [-0.25, -0.2) is 0 Å². The number of methoxy groups -OCH3 is 1. The van der Waals surface area contributed by atoms with Crippen LogP contribution in [0.1, 0.15) is 17.3 Å². The number of hydrogen-bond acceptors (Lipinski definition) is 5. The highest BCUT2D eigenvalue weighted by Crippen LogP contribution is 2.37. The lowest BCUT2D eigenvalue weighted by Crippen LogP contribution is -2.42. The number of benzene rings is 1. The highest BCUT2D eigenvalue weighted by atomic mass is 16.5. The van der Waals surface area contributed by atoms with E-state index >= 15 is 0 Å². The predicted molar refractivity (Wildman–Crippen MR) is 91.6 cm³/mol. The summed E-state index contributed by atoms with van der Waals surface area (Å²) in [5, 5.41) is 12.0. The van der Waals surface area contributed by atoms with E-state index in [0.29, 0.717) is 11.7 Å². The Bertz CT molecular complexity index is 858. The van der Waals surface area contributed by atoms with E-state index in [2.05, 4.69) is 10.3 Å². The number of furan rings is 1. The molecule has 0 saturated carbocycles. The van der Waals surface area contributed by atoms with Crippen molar-refractivity contribution in [3.8, 4) is 5.75 Å². The maximum absolute atomic E-state index is 8.61. The minimum atomic E-state index is -0.272. The Labute approximate surface area is 139 Å². The van der Waals surface area contributed by atoms with E-state index in [1.165, 1.54) is 0 Å². The predicted octanol–water partition coefficient (Wildman–Crippen LogP) is 3.64. The zero-order valence-electron chi connectivity index (χ0n) is 13.1. The van der Waals surface area contributed by atoms with E-state index in [-0.39, 0.29) is 6.17 Å². The summed E-state index contributed by atoms with van der Waals surface area (Å²) in [4.78, 5) is 6.08. The van der Waals surface area contributed by atoms with Crippen molar-refractivity contribution in [2.45, 2.75) is 6.17 Å². The zero-order valence-corrected chi connectivity index (χ0v) is 13.1. The molecule has 3 aromatic rings. The van der Waals surface area contributed by atoms with Crippen molar-refractivity contribution in [1.82, 2.24) is 4.98 Å². The molecular formula is C18H16N4O2. The van der Waals surface area contributed by atoms with Crippen LogP contribution < -0.4 is 15.0 Å². The van der Waals surface area contributed by atoms with E-state index in [0.717, 1.165) is 22.6 Å². The Morgan fingerprint density at radius 1 is 1.21 bits per heavy atom. The molecule has 2 N–H and O–H groups in total. The minimum Gasteiger partial charge on any atom is -0.497 e. The highest BCUT2D eigenvalue weighted by Gasteiger charge is 2.33. The third-order valence-electron chi connectivity index (χ3n) is 4.04. The average Bonchev–Trinajstić information content (AvgIpc) is 3.11. The fourth-order valence-electron chi connectivity index (χ4n) is 2.85. The number of pyridine rings is 1. The molecule has 1 unspecified atom stereocenters. The van der Waals surface area contributed by atoms with Crippen LogP contribution in [0.25, 0.3) is 0 Å². The fraction of sp³-hybridized carbons (Fsp3) is 0.111. The number of amidine groups is 1. The van der Waals surface area contributed by atoms with Gasteiger partial charge in [-0.05, 0) is 35.9 Å². The van der Waals surface area contributed by atoms with Crippen LogP contribution in [0, 0.1) is 5.41 Å². The van der Waals surface area contributed by atoms with Crippen molar-refractivity contribution in [2.24, 2.45) is 0 Å². The lowest BCUT2D eigenvalue weighted by molar-refractivity contribution is 0.414. The van der Waals surface area contributed by atoms with Gasteiger partial charge in [0, 0.05) is 6.20 Å². The molecule has 1 aromatic carbocycles. The zero-order chi connectivity index (χ0) is 16.5. The molecule has 120 valence electrons. The average molecular weight is 320 g/mol. The fourth-order valence-corrected chi connectivity index (χ4v) is 2.85. The summed E-state index contributed by atoms with van der Waals surface area (Å²) in [6.07, 6.45) is 4.78. The summed E-state index contributed by atoms with van der Waals surface area (Å²) in [5.41, 5.74) is 2.55. The molecule has 0 radical (unpaired) electrons. The van der Waals surface area contributed by atoms with Crippen LogP contribution in [0.15, 0.2) is 65.5 Å². The molecule has 0 aliphatic carbocycles. The topological polar surface area (TPSA) is 74.4 Å². The standard InChI is InChI=1S/C18H16N4O2/c1-23-14-6-4-12(5-7-14)17-21-18-15(8-10-24-18)16(19)22(17)13-3-2-9-20-11-13/h2-11,17,19,21H,1H3. The first kappa shape index (κ1) is 14.3. The molecule has 0 fully saturated rings. The van der Waals surface area contributed by atoms with Gasteiger partial charge in [0.25, 0.3) is 0 Å². The summed E-state index contributed by atoms with van der Waals surface area (Å²) < 4.78 is 10.7. The maximum Gasteiger partial charge on any atom is 0.205 e. The van der Waals surface area contributed by atoms with Gasteiger partial charge in [-0.2, -0.15) is 0 Å². The third-order valence-corrected chi connectivity index (χ3v) is 4.04. The number of nitrogens with zero attached hydrogens (tertiary/aromatic N) is 2. The number of rotatable bonds is 3. The Hall–Kier alpha value is -3.28. The normalized spacial score (nSPS) is 16.5. The van der Waals surface area contributed by atoms with Gasteiger partial charge < -0.3 is 14.5 Å². The largest absolute Gasteiger partial charge is 0.497 e. The molecule has 6 nitrogen and oxygen atoms in total. The molecular weight excluding hydrogens is 304 g/mol. The third kappa shape index (κ3) is 2.28. The second kappa shape index (κ2) is 5.73. The summed E-state index contributed by atoms with van der Waals surface area (Å²) in [6.45, 7) is 0. The van der Waals surface area contributed by atoms with Crippen molar-refractivity contribution >= 4 is 17.4 Å². The smallest absolute Gasteiger partial charge is 0.205 e. The van der Waals surface area contributed by atoms with E-state index in [1.54, 1.807) is 31.8 Å². The molecule has 0 saturated heterocycles. The molecule has 1 aliphatic rings. The highest BCUT2D eigenvalue weighted by molar-refractivity contribution is 6.12. The van der Waals surface area contributed by atoms with E-state index < -0.39 is 0 Å². The summed E-state index contributed by atoms with van der Waals surface area (Å²) in [6, 6.07) is 13.3. The van der Waals surface area contributed by atoms with Gasteiger partial charge in [-0.1, -0.05) is 12.1 Å². The summed E-state index contributed by atoms with van der Waals surface area (Å²) >= 11 is 0. The van der Waals surface area contributed by atoms with Crippen LogP contribution in [-0.2, 0) is 0 Å². The van der Waals surface area contributed by atoms with Gasteiger partial charge >= 0.3 is 0 Å². The number of aromatic nitrogens is 1. The number of fused-ring (bicyclic) bond motifs is 1.